The Labute approximate surface area is 161 Å². The van der Waals surface area contributed by atoms with E-state index in [-0.39, 0.29) is 18.3 Å². The number of aryl methyl sites for hydroxylation is 1. The maximum absolute atomic E-state index is 12.1. The number of nitrogens with zero attached hydrogens (tertiary/aromatic N) is 2. The van der Waals surface area contributed by atoms with E-state index in [1.807, 2.05) is 43.3 Å². The maximum Gasteiger partial charge on any atom is 0.234 e. The Morgan fingerprint density at radius 1 is 1.19 bits per heavy atom. The summed E-state index contributed by atoms with van der Waals surface area (Å²) in [6.45, 7) is 2.31. The number of aromatic amines is 1. The van der Waals surface area contributed by atoms with Crippen LogP contribution in [-0.2, 0) is 11.4 Å². The lowest BCUT2D eigenvalue weighted by Gasteiger charge is -2.06. The van der Waals surface area contributed by atoms with Gasteiger partial charge in [-0.25, -0.2) is 4.98 Å². The fourth-order valence-corrected chi connectivity index (χ4v) is 2.84. The molecule has 0 aliphatic carbocycles. The van der Waals surface area contributed by atoms with Gasteiger partial charge in [-0.1, -0.05) is 35.5 Å². The van der Waals surface area contributed by atoms with E-state index in [0.29, 0.717) is 22.4 Å². The molecule has 3 aromatic rings. The Bertz CT molecular complexity index is 896. The molecule has 0 aliphatic heterocycles. The third-order valence-corrected chi connectivity index (χ3v) is 4.44. The highest BCUT2D eigenvalue weighted by molar-refractivity contribution is 7.99. The highest BCUT2D eigenvalue weighted by Gasteiger charge is 2.09. The van der Waals surface area contributed by atoms with Gasteiger partial charge in [-0.3, -0.25) is 9.89 Å². The first kappa shape index (κ1) is 18.8. The molecule has 0 saturated heterocycles. The van der Waals surface area contributed by atoms with Gasteiger partial charge in [0.1, 0.15) is 18.1 Å². The van der Waals surface area contributed by atoms with E-state index >= 15 is 0 Å². The number of rotatable bonds is 8. The lowest BCUT2D eigenvalue weighted by atomic mass is 10.2. The van der Waals surface area contributed by atoms with Crippen molar-refractivity contribution in [2.24, 2.45) is 0 Å². The lowest BCUT2D eigenvalue weighted by Crippen LogP contribution is -2.14. The molecule has 0 spiro atoms. The number of aromatic nitrogens is 3. The van der Waals surface area contributed by atoms with Crippen molar-refractivity contribution in [2.45, 2.75) is 18.7 Å². The standard InChI is InChI=1S/C19H20N4O3S/c1-13-6-8-15(9-7-13)26-11-17-21-19(23-22-17)27-12-18(24)20-14-4-3-5-16(10-14)25-2/h3-10H,11-12H2,1-2H3,(H,20,24)(H,21,22,23). The second-order valence-electron chi connectivity index (χ2n) is 5.74. The second kappa shape index (κ2) is 9.09. The number of ether oxygens (including phenoxy) is 2. The number of methoxy groups -OCH3 is 1. The number of amides is 1. The van der Waals surface area contributed by atoms with E-state index in [1.165, 1.54) is 17.3 Å². The summed E-state index contributed by atoms with van der Waals surface area (Å²) in [7, 11) is 1.58. The van der Waals surface area contributed by atoms with Crippen molar-refractivity contribution in [3.05, 3.63) is 59.9 Å². The maximum atomic E-state index is 12.1. The van der Waals surface area contributed by atoms with Crippen LogP contribution in [0.5, 0.6) is 11.5 Å². The molecule has 2 aromatic carbocycles. The molecule has 140 valence electrons. The smallest absolute Gasteiger partial charge is 0.234 e. The molecule has 1 heterocycles. The van der Waals surface area contributed by atoms with Gasteiger partial charge in [-0.15, -0.1) is 5.10 Å². The van der Waals surface area contributed by atoms with Crippen LogP contribution in [0.2, 0.25) is 0 Å². The topological polar surface area (TPSA) is 89.1 Å². The minimum Gasteiger partial charge on any atom is -0.497 e. The third-order valence-electron chi connectivity index (χ3n) is 3.59. The number of benzene rings is 2. The molecule has 0 fully saturated rings. The zero-order valence-corrected chi connectivity index (χ0v) is 15.9. The SMILES string of the molecule is COc1cccc(NC(=O)CSc2n[nH]c(COc3ccc(C)cc3)n2)c1. The van der Waals surface area contributed by atoms with Crippen LogP contribution in [0, 0.1) is 6.92 Å². The third kappa shape index (κ3) is 5.75. The highest BCUT2D eigenvalue weighted by atomic mass is 32.2. The van der Waals surface area contributed by atoms with E-state index in [4.69, 9.17) is 9.47 Å². The van der Waals surface area contributed by atoms with Crippen molar-refractivity contribution < 1.29 is 14.3 Å². The van der Waals surface area contributed by atoms with Crippen LogP contribution < -0.4 is 14.8 Å². The minimum atomic E-state index is -0.143. The average molecular weight is 384 g/mol. The van der Waals surface area contributed by atoms with Crippen LogP contribution in [0.4, 0.5) is 5.69 Å². The number of nitrogens with one attached hydrogen (secondary N) is 2. The summed E-state index contributed by atoms with van der Waals surface area (Å²) in [5.41, 5.74) is 1.86. The van der Waals surface area contributed by atoms with Gasteiger partial charge in [0.15, 0.2) is 5.82 Å². The van der Waals surface area contributed by atoms with Crippen LogP contribution in [0.1, 0.15) is 11.4 Å². The first-order valence-electron chi connectivity index (χ1n) is 8.30. The van der Waals surface area contributed by atoms with E-state index in [0.717, 1.165) is 5.75 Å². The summed E-state index contributed by atoms with van der Waals surface area (Å²) in [4.78, 5) is 16.4. The number of hydrogen-bond acceptors (Lipinski definition) is 6. The van der Waals surface area contributed by atoms with E-state index in [2.05, 4.69) is 20.5 Å². The molecule has 0 saturated carbocycles. The van der Waals surface area contributed by atoms with Crippen molar-refractivity contribution in [3.63, 3.8) is 0 Å². The number of thioether (sulfide) groups is 1. The van der Waals surface area contributed by atoms with Gasteiger partial charge >= 0.3 is 0 Å². The first-order valence-corrected chi connectivity index (χ1v) is 9.28. The molecule has 3 rings (SSSR count). The Hall–Kier alpha value is -3.00. The van der Waals surface area contributed by atoms with Crippen molar-refractivity contribution in [1.82, 2.24) is 15.2 Å². The lowest BCUT2D eigenvalue weighted by molar-refractivity contribution is -0.113. The van der Waals surface area contributed by atoms with Crippen molar-refractivity contribution in [2.75, 3.05) is 18.2 Å². The van der Waals surface area contributed by atoms with Gasteiger partial charge in [0.25, 0.3) is 0 Å². The minimum absolute atomic E-state index is 0.143. The van der Waals surface area contributed by atoms with E-state index in [9.17, 15) is 4.79 Å². The average Bonchev–Trinajstić information content (AvgIpc) is 3.14. The van der Waals surface area contributed by atoms with Gasteiger partial charge in [0, 0.05) is 11.8 Å². The second-order valence-corrected chi connectivity index (χ2v) is 6.68. The fraction of sp³-hybridized carbons (Fsp3) is 0.211. The summed E-state index contributed by atoms with van der Waals surface area (Å²) < 4.78 is 10.8. The molecule has 0 atom stereocenters. The molecule has 0 unspecified atom stereocenters. The molecule has 1 aromatic heterocycles. The number of carbonyl (C=O) groups excluding carboxylic acids is 1. The summed E-state index contributed by atoms with van der Waals surface area (Å²) in [6, 6.07) is 15.0. The molecular formula is C19H20N4O3S. The molecule has 0 aliphatic rings. The molecule has 0 bridgehead atoms. The predicted octanol–water partition coefficient (Wildman–Crippen LogP) is 3.43. The van der Waals surface area contributed by atoms with Crippen LogP contribution in [0.15, 0.2) is 53.7 Å². The first-order chi connectivity index (χ1) is 13.1. The summed E-state index contributed by atoms with van der Waals surface area (Å²) in [5.74, 6) is 2.12. The molecule has 1 amide bonds. The predicted molar refractivity (Wildman–Crippen MR) is 104 cm³/mol. The molecule has 0 radical (unpaired) electrons. The van der Waals surface area contributed by atoms with Crippen LogP contribution in [0.3, 0.4) is 0 Å². The zero-order chi connectivity index (χ0) is 19.1. The van der Waals surface area contributed by atoms with Crippen LogP contribution in [-0.4, -0.2) is 34.0 Å². The summed E-state index contributed by atoms with van der Waals surface area (Å²) >= 11 is 1.25. The van der Waals surface area contributed by atoms with Gasteiger partial charge in [0.2, 0.25) is 11.1 Å². The number of H-pyrrole nitrogens is 1. The Morgan fingerprint density at radius 3 is 2.78 bits per heavy atom. The molecule has 2 N–H and O–H groups in total. The Morgan fingerprint density at radius 2 is 2.00 bits per heavy atom. The summed E-state index contributed by atoms with van der Waals surface area (Å²) in [5, 5.41) is 10.2. The van der Waals surface area contributed by atoms with Gasteiger partial charge < -0.3 is 14.8 Å². The molecule has 7 nitrogen and oxygen atoms in total. The van der Waals surface area contributed by atoms with Crippen molar-refractivity contribution in [3.8, 4) is 11.5 Å². The Kier molecular flexibility index (Phi) is 6.32. The fourth-order valence-electron chi connectivity index (χ4n) is 2.22. The molecular weight excluding hydrogens is 364 g/mol. The number of anilines is 1. The van der Waals surface area contributed by atoms with Gasteiger partial charge in [-0.05, 0) is 31.2 Å². The molecule has 27 heavy (non-hydrogen) atoms. The number of carbonyl (C=O) groups is 1. The monoisotopic (exact) mass is 384 g/mol. The normalized spacial score (nSPS) is 10.4. The van der Waals surface area contributed by atoms with Gasteiger partial charge in [0.05, 0.1) is 12.9 Å². The quantitative estimate of drug-likeness (QED) is 0.579. The van der Waals surface area contributed by atoms with Gasteiger partial charge in [-0.2, -0.15) is 0 Å². The summed E-state index contributed by atoms with van der Waals surface area (Å²) in [6.07, 6.45) is 0. The number of hydrogen-bond donors (Lipinski definition) is 2. The van der Waals surface area contributed by atoms with Crippen LogP contribution >= 0.6 is 11.8 Å². The highest BCUT2D eigenvalue weighted by Crippen LogP contribution is 2.18. The van der Waals surface area contributed by atoms with E-state index in [1.54, 1.807) is 19.2 Å². The zero-order valence-electron chi connectivity index (χ0n) is 15.1. The van der Waals surface area contributed by atoms with Crippen molar-refractivity contribution >= 4 is 23.4 Å². The Balaban J connectivity index is 1.45. The van der Waals surface area contributed by atoms with E-state index < -0.39 is 0 Å². The van der Waals surface area contributed by atoms with Crippen molar-refractivity contribution in [1.29, 1.82) is 0 Å². The largest absolute Gasteiger partial charge is 0.497 e. The van der Waals surface area contributed by atoms with Crippen LogP contribution in [0.25, 0.3) is 0 Å². The molecule has 8 heteroatoms.